The Morgan fingerprint density at radius 3 is 2.38 bits per heavy atom. The molecule has 2 N–H and O–H groups in total. The second kappa shape index (κ2) is 7.25. The number of benzene rings is 2. The van der Waals surface area contributed by atoms with E-state index in [2.05, 4.69) is 29.6 Å². The molecule has 1 heterocycles. The summed E-state index contributed by atoms with van der Waals surface area (Å²) in [5.74, 6) is 0.0972. The Bertz CT molecular complexity index is 989. The van der Waals surface area contributed by atoms with Crippen molar-refractivity contribution in [1.29, 1.82) is 0 Å². The number of para-hydroxylation sites is 1. The summed E-state index contributed by atoms with van der Waals surface area (Å²) in [6.45, 7) is 6.57. The number of sulfonamides is 1. The van der Waals surface area contributed by atoms with E-state index in [0.29, 0.717) is 13.0 Å². The molecular formula is C21H26N2O2S. The van der Waals surface area contributed by atoms with Gasteiger partial charge in [0.15, 0.2) is 0 Å². The number of hydrogen-bond donors (Lipinski definition) is 2. The van der Waals surface area contributed by atoms with Crippen LogP contribution in [0.25, 0.3) is 10.9 Å². The van der Waals surface area contributed by atoms with Crippen LogP contribution in [0.5, 0.6) is 0 Å². The zero-order valence-corrected chi connectivity index (χ0v) is 16.4. The van der Waals surface area contributed by atoms with Crippen molar-refractivity contribution in [3.05, 3.63) is 71.4 Å². The number of fused-ring (bicyclic) bond motifs is 1. The van der Waals surface area contributed by atoms with E-state index < -0.39 is 10.0 Å². The maximum atomic E-state index is 12.4. The molecule has 138 valence electrons. The SMILES string of the molecule is Cc1[nH]c2ccccc2c1C(C)(C)CNS(=O)(=O)CCc1ccccc1. The summed E-state index contributed by atoms with van der Waals surface area (Å²) in [5, 5.41) is 1.15. The normalized spacial score (nSPS) is 12.6. The van der Waals surface area contributed by atoms with E-state index in [0.717, 1.165) is 22.2 Å². The molecule has 3 rings (SSSR count). The van der Waals surface area contributed by atoms with Crippen LogP contribution in [0, 0.1) is 6.92 Å². The van der Waals surface area contributed by atoms with Gasteiger partial charge in [-0.25, -0.2) is 13.1 Å². The third-order valence-electron chi connectivity index (χ3n) is 4.81. The number of H-pyrrole nitrogens is 1. The lowest BCUT2D eigenvalue weighted by Crippen LogP contribution is -2.38. The Hall–Kier alpha value is -2.11. The minimum Gasteiger partial charge on any atom is -0.358 e. The highest BCUT2D eigenvalue weighted by Gasteiger charge is 2.28. The van der Waals surface area contributed by atoms with E-state index in [9.17, 15) is 8.42 Å². The zero-order valence-electron chi connectivity index (χ0n) is 15.5. The fraction of sp³-hybridized carbons (Fsp3) is 0.333. The summed E-state index contributed by atoms with van der Waals surface area (Å²) in [6.07, 6.45) is 0.517. The van der Waals surface area contributed by atoms with Crippen LogP contribution in [0.2, 0.25) is 0 Å². The van der Waals surface area contributed by atoms with Crippen molar-refractivity contribution in [3.63, 3.8) is 0 Å². The molecule has 0 saturated carbocycles. The van der Waals surface area contributed by atoms with Crippen LogP contribution in [0.4, 0.5) is 0 Å². The summed E-state index contributed by atoms with van der Waals surface area (Å²) in [7, 11) is -3.33. The van der Waals surface area contributed by atoms with E-state index in [1.54, 1.807) is 0 Å². The summed E-state index contributed by atoms with van der Waals surface area (Å²) in [4.78, 5) is 3.40. The lowest BCUT2D eigenvalue weighted by Gasteiger charge is -2.26. The van der Waals surface area contributed by atoms with Crippen molar-refractivity contribution in [2.45, 2.75) is 32.6 Å². The quantitative estimate of drug-likeness (QED) is 0.662. The molecule has 0 aliphatic heterocycles. The van der Waals surface area contributed by atoms with Crippen molar-refractivity contribution in [2.75, 3.05) is 12.3 Å². The van der Waals surface area contributed by atoms with Crippen LogP contribution in [0.3, 0.4) is 0 Å². The molecule has 0 bridgehead atoms. The molecule has 0 saturated heterocycles. The largest absolute Gasteiger partial charge is 0.358 e. The van der Waals surface area contributed by atoms with Crippen molar-refractivity contribution >= 4 is 20.9 Å². The summed E-state index contributed by atoms with van der Waals surface area (Å²) in [6, 6.07) is 17.8. The van der Waals surface area contributed by atoms with E-state index in [4.69, 9.17) is 0 Å². The fourth-order valence-electron chi connectivity index (χ4n) is 3.50. The lowest BCUT2D eigenvalue weighted by molar-refractivity contribution is 0.502. The number of hydrogen-bond acceptors (Lipinski definition) is 2. The second-order valence-corrected chi connectivity index (χ2v) is 9.36. The van der Waals surface area contributed by atoms with Crippen LogP contribution in [-0.4, -0.2) is 25.7 Å². The lowest BCUT2D eigenvalue weighted by atomic mass is 9.83. The molecule has 4 nitrogen and oxygen atoms in total. The third kappa shape index (κ3) is 4.17. The number of nitrogens with one attached hydrogen (secondary N) is 2. The highest BCUT2D eigenvalue weighted by molar-refractivity contribution is 7.89. The summed E-state index contributed by atoms with van der Waals surface area (Å²) < 4.78 is 27.7. The van der Waals surface area contributed by atoms with Gasteiger partial charge >= 0.3 is 0 Å². The van der Waals surface area contributed by atoms with Gasteiger partial charge in [-0.2, -0.15) is 0 Å². The van der Waals surface area contributed by atoms with Gasteiger partial charge < -0.3 is 4.98 Å². The molecule has 0 aliphatic rings. The Kier molecular flexibility index (Phi) is 5.21. The fourth-order valence-corrected chi connectivity index (χ4v) is 4.73. The Labute approximate surface area is 155 Å². The number of aromatic amines is 1. The smallest absolute Gasteiger partial charge is 0.211 e. The monoisotopic (exact) mass is 370 g/mol. The molecule has 0 atom stereocenters. The van der Waals surface area contributed by atoms with Crippen LogP contribution in [0.15, 0.2) is 54.6 Å². The Balaban J connectivity index is 1.72. The first kappa shape index (κ1) is 18.7. The molecule has 0 aliphatic carbocycles. The van der Waals surface area contributed by atoms with Gasteiger partial charge in [0, 0.05) is 28.6 Å². The van der Waals surface area contributed by atoms with Gasteiger partial charge in [-0.1, -0.05) is 62.4 Å². The standard InChI is InChI=1S/C21H26N2O2S/c1-16-20(18-11-7-8-12-19(18)23-16)21(2,3)15-22-26(24,25)14-13-17-9-5-4-6-10-17/h4-12,22-23H,13-15H2,1-3H3. The van der Waals surface area contributed by atoms with Crippen LogP contribution >= 0.6 is 0 Å². The molecule has 26 heavy (non-hydrogen) atoms. The molecule has 0 radical (unpaired) electrons. The van der Waals surface area contributed by atoms with Gasteiger partial charge in [0.1, 0.15) is 0 Å². The Morgan fingerprint density at radius 2 is 1.65 bits per heavy atom. The molecular weight excluding hydrogens is 344 g/mol. The van der Waals surface area contributed by atoms with E-state index >= 15 is 0 Å². The van der Waals surface area contributed by atoms with E-state index in [-0.39, 0.29) is 11.2 Å². The first-order valence-electron chi connectivity index (χ1n) is 8.87. The highest BCUT2D eigenvalue weighted by Crippen LogP contribution is 2.33. The zero-order chi connectivity index (χ0) is 18.8. The molecule has 0 unspecified atom stereocenters. The predicted molar refractivity (Wildman–Crippen MR) is 108 cm³/mol. The van der Waals surface area contributed by atoms with Crippen molar-refractivity contribution < 1.29 is 8.42 Å². The molecule has 2 aromatic carbocycles. The van der Waals surface area contributed by atoms with Crippen LogP contribution in [0.1, 0.15) is 30.7 Å². The predicted octanol–water partition coefficient (Wildman–Crippen LogP) is 3.92. The second-order valence-electron chi connectivity index (χ2n) is 7.43. The maximum Gasteiger partial charge on any atom is 0.211 e. The highest BCUT2D eigenvalue weighted by atomic mass is 32.2. The third-order valence-corrected chi connectivity index (χ3v) is 6.13. The van der Waals surface area contributed by atoms with E-state index in [1.807, 2.05) is 55.5 Å². The van der Waals surface area contributed by atoms with Crippen molar-refractivity contribution in [3.8, 4) is 0 Å². The van der Waals surface area contributed by atoms with Gasteiger partial charge in [0.05, 0.1) is 5.75 Å². The van der Waals surface area contributed by atoms with Gasteiger partial charge in [0.2, 0.25) is 10.0 Å². The first-order chi connectivity index (χ1) is 12.3. The first-order valence-corrected chi connectivity index (χ1v) is 10.5. The maximum absolute atomic E-state index is 12.4. The molecule has 0 fully saturated rings. The summed E-state index contributed by atoms with van der Waals surface area (Å²) >= 11 is 0. The van der Waals surface area contributed by atoms with Crippen LogP contribution in [-0.2, 0) is 21.9 Å². The topological polar surface area (TPSA) is 62.0 Å². The van der Waals surface area contributed by atoms with Gasteiger partial charge in [-0.3, -0.25) is 0 Å². The summed E-state index contributed by atoms with van der Waals surface area (Å²) in [5.41, 5.74) is 4.05. The number of aromatic nitrogens is 1. The molecule has 0 amide bonds. The average Bonchev–Trinajstić information content (AvgIpc) is 2.96. The molecule has 1 aromatic heterocycles. The van der Waals surface area contributed by atoms with Gasteiger partial charge in [-0.05, 0) is 30.5 Å². The van der Waals surface area contributed by atoms with Gasteiger partial charge in [-0.15, -0.1) is 0 Å². The van der Waals surface area contributed by atoms with Crippen LogP contribution < -0.4 is 4.72 Å². The van der Waals surface area contributed by atoms with Gasteiger partial charge in [0.25, 0.3) is 0 Å². The van der Waals surface area contributed by atoms with Crippen molar-refractivity contribution in [1.82, 2.24) is 9.71 Å². The van der Waals surface area contributed by atoms with E-state index in [1.165, 1.54) is 5.56 Å². The molecule has 3 aromatic rings. The Morgan fingerprint density at radius 1 is 1.00 bits per heavy atom. The average molecular weight is 371 g/mol. The van der Waals surface area contributed by atoms with Crippen molar-refractivity contribution in [2.24, 2.45) is 0 Å². The minimum absolute atomic E-state index is 0.0972. The number of aryl methyl sites for hydroxylation is 2. The minimum atomic E-state index is -3.33. The molecule has 5 heteroatoms. The molecule has 0 spiro atoms. The number of rotatable bonds is 7.